The van der Waals surface area contributed by atoms with Gasteiger partial charge in [0.25, 0.3) is 5.91 Å². The number of aromatic nitrogens is 3. The number of rotatable bonds is 1. The van der Waals surface area contributed by atoms with E-state index in [4.69, 9.17) is 0 Å². The van der Waals surface area contributed by atoms with Crippen LogP contribution in [0.3, 0.4) is 0 Å². The molecule has 0 radical (unpaired) electrons. The summed E-state index contributed by atoms with van der Waals surface area (Å²) < 4.78 is 3.55. The lowest BCUT2D eigenvalue weighted by atomic mass is 10.2. The number of fused-ring (bicyclic) bond motifs is 3. The smallest absolute Gasteiger partial charge is 0.264 e. The molecule has 0 unspecified atom stereocenters. The SMILES string of the molecule is Cc1nn(C)c2c1c1ccccc1n2C(=O)c1ccccc1. The molecule has 4 rings (SSSR count). The summed E-state index contributed by atoms with van der Waals surface area (Å²) in [6.45, 7) is 1.98. The molecule has 2 aromatic heterocycles. The average Bonchev–Trinajstić information content (AvgIpc) is 3.04. The first kappa shape index (κ1) is 12.8. The van der Waals surface area contributed by atoms with Gasteiger partial charge in [0, 0.05) is 23.4 Å². The molecule has 0 aliphatic rings. The van der Waals surface area contributed by atoms with Crippen LogP contribution < -0.4 is 0 Å². The standard InChI is InChI=1S/C18H15N3O/c1-12-16-14-10-6-7-11-15(14)21(17(16)20(2)19-12)18(22)13-8-4-3-5-9-13/h3-11H,1-2H3. The van der Waals surface area contributed by atoms with Crippen molar-refractivity contribution < 1.29 is 4.79 Å². The second-order valence-corrected chi connectivity index (χ2v) is 5.43. The largest absolute Gasteiger partial charge is 0.268 e. The number of aryl methyl sites for hydroxylation is 2. The molecule has 0 spiro atoms. The van der Waals surface area contributed by atoms with Gasteiger partial charge in [-0.15, -0.1) is 0 Å². The van der Waals surface area contributed by atoms with Gasteiger partial charge in [-0.25, -0.2) is 0 Å². The van der Waals surface area contributed by atoms with E-state index in [9.17, 15) is 4.79 Å². The van der Waals surface area contributed by atoms with E-state index in [0.29, 0.717) is 5.56 Å². The fourth-order valence-corrected chi connectivity index (χ4v) is 3.13. The van der Waals surface area contributed by atoms with Crippen molar-refractivity contribution in [1.29, 1.82) is 0 Å². The molecule has 0 saturated heterocycles. The number of hydrogen-bond acceptors (Lipinski definition) is 2. The minimum atomic E-state index is -0.0326. The van der Waals surface area contributed by atoms with Gasteiger partial charge in [0.1, 0.15) is 5.65 Å². The van der Waals surface area contributed by atoms with Crippen molar-refractivity contribution in [1.82, 2.24) is 14.3 Å². The van der Waals surface area contributed by atoms with Crippen molar-refractivity contribution in [2.75, 3.05) is 0 Å². The third-order valence-electron chi connectivity index (χ3n) is 4.04. The van der Waals surface area contributed by atoms with Gasteiger partial charge in [-0.05, 0) is 25.1 Å². The van der Waals surface area contributed by atoms with E-state index in [2.05, 4.69) is 5.10 Å². The lowest BCUT2D eigenvalue weighted by molar-refractivity contribution is 0.0968. The Balaban J connectivity index is 2.13. The van der Waals surface area contributed by atoms with Crippen LogP contribution in [0, 0.1) is 6.92 Å². The summed E-state index contributed by atoms with van der Waals surface area (Å²) in [7, 11) is 1.88. The highest BCUT2D eigenvalue weighted by Crippen LogP contribution is 2.31. The highest BCUT2D eigenvalue weighted by atomic mass is 16.2. The molecule has 22 heavy (non-hydrogen) atoms. The minimum Gasteiger partial charge on any atom is -0.268 e. The van der Waals surface area contributed by atoms with Gasteiger partial charge in [0.05, 0.1) is 11.2 Å². The molecule has 4 nitrogen and oxygen atoms in total. The molecule has 0 atom stereocenters. The van der Waals surface area contributed by atoms with Crippen LogP contribution in [-0.2, 0) is 7.05 Å². The van der Waals surface area contributed by atoms with E-state index in [1.54, 1.807) is 9.25 Å². The Morgan fingerprint density at radius 1 is 1.00 bits per heavy atom. The number of benzene rings is 2. The summed E-state index contributed by atoms with van der Waals surface area (Å²) >= 11 is 0. The Morgan fingerprint density at radius 2 is 1.68 bits per heavy atom. The van der Waals surface area contributed by atoms with Crippen LogP contribution in [0.4, 0.5) is 0 Å². The molecule has 0 aliphatic heterocycles. The molecule has 0 saturated carbocycles. The average molecular weight is 289 g/mol. The third-order valence-corrected chi connectivity index (χ3v) is 4.04. The van der Waals surface area contributed by atoms with Crippen LogP contribution in [0.25, 0.3) is 21.9 Å². The molecule has 0 fully saturated rings. The zero-order chi connectivity index (χ0) is 15.3. The van der Waals surface area contributed by atoms with Crippen molar-refractivity contribution in [2.24, 2.45) is 7.05 Å². The van der Waals surface area contributed by atoms with Crippen molar-refractivity contribution in [2.45, 2.75) is 6.92 Å². The summed E-state index contributed by atoms with van der Waals surface area (Å²) in [4.78, 5) is 13.0. The Morgan fingerprint density at radius 3 is 2.45 bits per heavy atom. The molecule has 0 bridgehead atoms. The first-order valence-electron chi connectivity index (χ1n) is 7.21. The zero-order valence-electron chi connectivity index (χ0n) is 12.4. The molecular formula is C18H15N3O. The summed E-state index contributed by atoms with van der Waals surface area (Å²) in [6.07, 6.45) is 0. The maximum Gasteiger partial charge on any atom is 0.264 e. The Bertz CT molecular complexity index is 1010. The fraction of sp³-hybridized carbons (Fsp3) is 0.111. The molecule has 4 heteroatoms. The van der Waals surface area contributed by atoms with Crippen LogP contribution in [0.2, 0.25) is 0 Å². The predicted octanol–water partition coefficient (Wildman–Crippen LogP) is 3.52. The summed E-state index contributed by atoms with van der Waals surface area (Å²) in [5.74, 6) is -0.0326. The van der Waals surface area contributed by atoms with Gasteiger partial charge < -0.3 is 0 Å². The van der Waals surface area contributed by atoms with E-state index < -0.39 is 0 Å². The van der Waals surface area contributed by atoms with E-state index in [1.807, 2.05) is 68.6 Å². The van der Waals surface area contributed by atoms with E-state index >= 15 is 0 Å². The normalized spacial score (nSPS) is 11.4. The lowest BCUT2D eigenvalue weighted by Gasteiger charge is -2.06. The maximum atomic E-state index is 13.0. The first-order chi connectivity index (χ1) is 10.7. The van der Waals surface area contributed by atoms with Crippen LogP contribution in [0.15, 0.2) is 54.6 Å². The van der Waals surface area contributed by atoms with Gasteiger partial charge in [-0.3, -0.25) is 14.0 Å². The molecule has 108 valence electrons. The Kier molecular flexibility index (Phi) is 2.66. The van der Waals surface area contributed by atoms with Gasteiger partial charge in [0.15, 0.2) is 0 Å². The van der Waals surface area contributed by atoms with Crippen molar-refractivity contribution in [3.63, 3.8) is 0 Å². The third kappa shape index (κ3) is 1.64. The monoisotopic (exact) mass is 289 g/mol. The van der Waals surface area contributed by atoms with Crippen LogP contribution in [0.1, 0.15) is 16.1 Å². The number of carbonyl (C=O) groups excluding carboxylic acids is 1. The highest BCUT2D eigenvalue weighted by molar-refractivity contribution is 6.16. The van der Waals surface area contributed by atoms with Crippen LogP contribution >= 0.6 is 0 Å². The van der Waals surface area contributed by atoms with Crippen molar-refractivity contribution in [3.8, 4) is 0 Å². The molecule has 2 heterocycles. The Hall–Kier alpha value is -2.88. The van der Waals surface area contributed by atoms with E-state index in [1.165, 1.54) is 0 Å². The van der Waals surface area contributed by atoms with Crippen LogP contribution in [0.5, 0.6) is 0 Å². The maximum absolute atomic E-state index is 13.0. The molecule has 0 amide bonds. The van der Waals surface area contributed by atoms with Crippen LogP contribution in [-0.4, -0.2) is 20.3 Å². The fourth-order valence-electron chi connectivity index (χ4n) is 3.13. The van der Waals surface area contributed by atoms with Crippen molar-refractivity contribution in [3.05, 3.63) is 65.9 Å². The van der Waals surface area contributed by atoms with Gasteiger partial charge in [-0.2, -0.15) is 5.10 Å². The molecule has 0 N–H and O–H groups in total. The first-order valence-corrected chi connectivity index (χ1v) is 7.21. The quantitative estimate of drug-likeness (QED) is 0.538. The van der Waals surface area contributed by atoms with Gasteiger partial charge in [-0.1, -0.05) is 36.4 Å². The van der Waals surface area contributed by atoms with Gasteiger partial charge >= 0.3 is 0 Å². The highest BCUT2D eigenvalue weighted by Gasteiger charge is 2.21. The summed E-state index contributed by atoms with van der Waals surface area (Å²) in [6, 6.07) is 17.3. The van der Waals surface area contributed by atoms with E-state index in [-0.39, 0.29) is 5.91 Å². The Labute approximate surface area is 127 Å². The topological polar surface area (TPSA) is 39.8 Å². The number of nitrogens with zero attached hydrogens (tertiary/aromatic N) is 3. The van der Waals surface area contributed by atoms with Crippen molar-refractivity contribution >= 4 is 27.8 Å². The molecule has 4 aromatic rings. The second-order valence-electron chi connectivity index (χ2n) is 5.43. The number of hydrogen-bond donors (Lipinski definition) is 0. The second kappa shape index (κ2) is 4.56. The molecular weight excluding hydrogens is 274 g/mol. The summed E-state index contributed by atoms with van der Waals surface area (Å²) in [5, 5.41) is 6.59. The minimum absolute atomic E-state index is 0.0326. The number of para-hydroxylation sites is 1. The lowest BCUT2D eigenvalue weighted by Crippen LogP contribution is -2.13. The molecule has 0 aliphatic carbocycles. The van der Waals surface area contributed by atoms with Gasteiger partial charge in [0.2, 0.25) is 0 Å². The number of carbonyl (C=O) groups is 1. The zero-order valence-corrected chi connectivity index (χ0v) is 12.4. The predicted molar refractivity (Wildman–Crippen MR) is 87.1 cm³/mol. The van der Waals surface area contributed by atoms with E-state index in [0.717, 1.165) is 27.6 Å². The molecule has 2 aromatic carbocycles. The summed E-state index contributed by atoms with van der Waals surface area (Å²) in [5.41, 5.74) is 3.37.